The normalized spacial score (nSPS) is 21.6. The second-order valence-electron chi connectivity index (χ2n) is 9.18. The Balaban J connectivity index is 0.00000363. The first-order valence-electron chi connectivity index (χ1n) is 11.4. The molecule has 1 saturated carbocycles. The minimum absolute atomic E-state index is 0. The van der Waals surface area contributed by atoms with E-state index in [0.29, 0.717) is 5.92 Å². The van der Waals surface area contributed by atoms with Gasteiger partial charge in [-0.2, -0.15) is 0 Å². The van der Waals surface area contributed by atoms with Gasteiger partial charge in [-0.25, -0.2) is 4.79 Å². The molecule has 1 aromatic carbocycles. The zero-order chi connectivity index (χ0) is 22.5. The highest BCUT2D eigenvalue weighted by molar-refractivity contribution is 5.94. The van der Waals surface area contributed by atoms with E-state index in [0.717, 1.165) is 57.2 Å². The monoisotopic (exact) mass is 464 g/mol. The Kier molecular flexibility index (Phi) is 9.37. The van der Waals surface area contributed by atoms with Crippen molar-refractivity contribution in [1.29, 1.82) is 5.41 Å². The Morgan fingerprint density at radius 2 is 1.62 bits per heavy atom. The molecule has 0 atom stereocenters. The van der Waals surface area contributed by atoms with Gasteiger partial charge in [0.1, 0.15) is 5.84 Å². The molecular formula is C24H37ClN4O3. The van der Waals surface area contributed by atoms with Gasteiger partial charge in [-0.05, 0) is 63.9 Å². The first kappa shape index (κ1) is 26.0. The van der Waals surface area contributed by atoms with Crippen LogP contribution in [0, 0.1) is 11.3 Å². The lowest BCUT2D eigenvalue weighted by Crippen LogP contribution is -2.49. The number of halogens is 1. The summed E-state index contributed by atoms with van der Waals surface area (Å²) in [5.41, 5.74) is 7.52. The summed E-state index contributed by atoms with van der Waals surface area (Å²) in [5, 5.41) is 7.51. The third kappa shape index (κ3) is 6.37. The number of rotatable bonds is 5. The van der Waals surface area contributed by atoms with E-state index >= 15 is 0 Å². The number of esters is 1. The largest absolute Gasteiger partial charge is 0.463 e. The second kappa shape index (κ2) is 11.5. The van der Waals surface area contributed by atoms with Crippen molar-refractivity contribution in [2.45, 2.75) is 70.4 Å². The van der Waals surface area contributed by atoms with Gasteiger partial charge < -0.3 is 20.3 Å². The molecule has 2 amide bonds. The molecule has 0 unspecified atom stereocenters. The molecule has 0 spiro atoms. The van der Waals surface area contributed by atoms with Gasteiger partial charge in [-0.1, -0.05) is 24.3 Å². The molecule has 1 aliphatic heterocycles. The number of hydrogen-bond acceptors (Lipinski definition) is 4. The van der Waals surface area contributed by atoms with Gasteiger partial charge in [-0.3, -0.25) is 10.2 Å². The summed E-state index contributed by atoms with van der Waals surface area (Å²) in [6.45, 7) is 5.25. The van der Waals surface area contributed by atoms with E-state index in [1.165, 1.54) is 5.56 Å². The third-order valence-corrected chi connectivity index (χ3v) is 6.69. The average molecular weight is 465 g/mol. The van der Waals surface area contributed by atoms with Crippen LogP contribution in [0.2, 0.25) is 0 Å². The molecule has 32 heavy (non-hydrogen) atoms. The topological polar surface area (TPSA) is 99.7 Å². The van der Waals surface area contributed by atoms with E-state index in [2.05, 4.69) is 0 Å². The number of likely N-dealkylation sites (tertiary alicyclic amines) is 1. The number of nitrogens with one attached hydrogen (secondary N) is 1. The lowest BCUT2D eigenvalue weighted by Gasteiger charge is -2.39. The van der Waals surface area contributed by atoms with Gasteiger partial charge >= 0.3 is 12.0 Å². The number of nitrogens with two attached hydrogens (primary N) is 1. The minimum Gasteiger partial charge on any atom is -0.463 e. The van der Waals surface area contributed by atoms with Crippen LogP contribution in [-0.2, 0) is 9.53 Å². The van der Waals surface area contributed by atoms with Gasteiger partial charge in [-0.15, -0.1) is 12.4 Å². The average Bonchev–Trinajstić information content (AvgIpc) is 2.78. The van der Waals surface area contributed by atoms with Crippen molar-refractivity contribution < 1.29 is 14.3 Å². The number of hydrogen-bond donors (Lipinski definition) is 2. The summed E-state index contributed by atoms with van der Waals surface area (Å²) in [4.78, 5) is 29.0. The number of benzene rings is 1. The Bertz CT molecular complexity index is 783. The zero-order valence-corrected chi connectivity index (χ0v) is 20.2. The quantitative estimate of drug-likeness (QED) is 0.388. The third-order valence-electron chi connectivity index (χ3n) is 6.69. The molecule has 8 heteroatoms. The number of carbonyl (C=O) groups is 2. The maximum atomic E-state index is 13.0. The maximum Gasteiger partial charge on any atom is 0.319 e. The number of piperidine rings is 1. The molecule has 178 valence electrons. The summed E-state index contributed by atoms with van der Waals surface area (Å²) in [7, 11) is 1.90. The first-order chi connectivity index (χ1) is 14.8. The Hall–Kier alpha value is -2.28. The molecule has 3 rings (SSSR count). The number of amidine groups is 1. The van der Waals surface area contributed by atoms with E-state index < -0.39 is 0 Å². The zero-order valence-electron chi connectivity index (χ0n) is 19.4. The predicted octanol–water partition coefficient (Wildman–Crippen LogP) is 4.13. The SMILES string of the molecule is CC(C)OC(=O)C1CCC(N(C)C(=O)N2CCC(c3ccc(C(=N)N)cc3)CC2)CC1.Cl. The van der Waals surface area contributed by atoms with Crippen LogP contribution in [0.3, 0.4) is 0 Å². The number of ether oxygens (including phenoxy) is 1. The van der Waals surface area contributed by atoms with Gasteiger partial charge in [0, 0.05) is 31.7 Å². The van der Waals surface area contributed by atoms with Crippen LogP contribution in [0.5, 0.6) is 0 Å². The molecule has 0 bridgehead atoms. The number of nitrogen functional groups attached to an aromatic ring is 1. The molecule has 0 aromatic heterocycles. The molecule has 3 N–H and O–H groups in total. The first-order valence-corrected chi connectivity index (χ1v) is 11.4. The van der Waals surface area contributed by atoms with Crippen LogP contribution in [0.4, 0.5) is 4.79 Å². The molecule has 2 fully saturated rings. The van der Waals surface area contributed by atoms with Crippen LogP contribution in [0.15, 0.2) is 24.3 Å². The summed E-state index contributed by atoms with van der Waals surface area (Å²) in [6.07, 6.45) is 5.06. The highest BCUT2D eigenvalue weighted by Gasteiger charge is 2.33. The molecule has 1 saturated heterocycles. The smallest absolute Gasteiger partial charge is 0.319 e. The lowest BCUT2D eigenvalue weighted by molar-refractivity contribution is -0.153. The lowest BCUT2D eigenvalue weighted by atomic mass is 9.85. The molecule has 1 aromatic rings. The van der Waals surface area contributed by atoms with Gasteiger partial charge in [0.25, 0.3) is 0 Å². The molecular weight excluding hydrogens is 428 g/mol. The molecule has 1 aliphatic carbocycles. The highest BCUT2D eigenvalue weighted by Crippen LogP contribution is 2.31. The van der Waals surface area contributed by atoms with E-state index in [-0.39, 0.29) is 48.3 Å². The highest BCUT2D eigenvalue weighted by atomic mass is 35.5. The second-order valence-corrected chi connectivity index (χ2v) is 9.18. The molecule has 0 radical (unpaired) electrons. The molecule has 1 heterocycles. The standard InChI is InChI=1S/C24H36N4O3.ClH/c1-16(2)31-23(29)20-8-10-21(11-9-20)27(3)24(30)28-14-12-18(13-15-28)17-4-6-19(7-5-17)22(25)26;/h4-7,16,18,20-21H,8-15H2,1-3H3,(H3,25,26);1H. The van der Waals surface area contributed by atoms with E-state index in [1.54, 1.807) is 0 Å². The van der Waals surface area contributed by atoms with Crippen LogP contribution in [0.1, 0.15) is 69.4 Å². The van der Waals surface area contributed by atoms with Crippen LogP contribution < -0.4 is 5.73 Å². The fourth-order valence-corrected chi connectivity index (χ4v) is 4.75. The maximum absolute atomic E-state index is 13.0. The molecule has 2 aliphatic rings. The summed E-state index contributed by atoms with van der Waals surface area (Å²) in [6, 6.07) is 8.18. The van der Waals surface area contributed by atoms with E-state index in [9.17, 15) is 9.59 Å². The number of carbonyl (C=O) groups excluding carboxylic acids is 2. The predicted molar refractivity (Wildman–Crippen MR) is 128 cm³/mol. The Labute approximate surface area is 197 Å². The van der Waals surface area contributed by atoms with Gasteiger partial charge in [0.2, 0.25) is 0 Å². The summed E-state index contributed by atoms with van der Waals surface area (Å²) < 4.78 is 5.35. The fourth-order valence-electron chi connectivity index (χ4n) is 4.75. The summed E-state index contributed by atoms with van der Waals surface area (Å²) >= 11 is 0. The fraction of sp³-hybridized carbons (Fsp3) is 0.625. The van der Waals surface area contributed by atoms with Crippen molar-refractivity contribution >= 4 is 30.2 Å². The number of amides is 2. The number of nitrogens with zero attached hydrogens (tertiary/aromatic N) is 2. The minimum atomic E-state index is -0.0964. The van der Waals surface area contributed by atoms with Crippen molar-refractivity contribution in [2.24, 2.45) is 11.7 Å². The van der Waals surface area contributed by atoms with E-state index in [4.69, 9.17) is 15.9 Å². The van der Waals surface area contributed by atoms with E-state index in [1.807, 2.05) is 55.0 Å². The van der Waals surface area contributed by atoms with Crippen molar-refractivity contribution in [3.63, 3.8) is 0 Å². The number of urea groups is 1. The van der Waals surface area contributed by atoms with Crippen molar-refractivity contribution in [3.05, 3.63) is 35.4 Å². The van der Waals surface area contributed by atoms with Gasteiger partial charge in [0.05, 0.1) is 12.0 Å². The Morgan fingerprint density at radius 3 is 2.12 bits per heavy atom. The molecule has 7 nitrogen and oxygen atoms in total. The van der Waals surface area contributed by atoms with Crippen molar-refractivity contribution in [3.8, 4) is 0 Å². The Morgan fingerprint density at radius 1 is 1.06 bits per heavy atom. The van der Waals surface area contributed by atoms with Crippen molar-refractivity contribution in [2.75, 3.05) is 20.1 Å². The van der Waals surface area contributed by atoms with Crippen LogP contribution in [-0.4, -0.2) is 59.9 Å². The summed E-state index contributed by atoms with van der Waals surface area (Å²) in [5.74, 6) is 0.381. The van der Waals surface area contributed by atoms with Crippen molar-refractivity contribution in [1.82, 2.24) is 9.80 Å². The van der Waals surface area contributed by atoms with Crippen LogP contribution in [0.25, 0.3) is 0 Å². The van der Waals surface area contributed by atoms with Crippen LogP contribution >= 0.6 is 12.4 Å². The van der Waals surface area contributed by atoms with Gasteiger partial charge in [0.15, 0.2) is 0 Å².